The molecule has 16 nitrogen and oxygen atoms in total. The molecule has 55 heavy (non-hydrogen) atoms. The fraction of sp³-hybridized carbons (Fsp3) is 0.278. The van der Waals surface area contributed by atoms with Gasteiger partial charge in [-0.1, -0.05) is 36.4 Å². The molecular formula is C36H38IN7O9S2. The van der Waals surface area contributed by atoms with Crippen LogP contribution in [-0.4, -0.2) is 97.9 Å². The first-order valence-corrected chi connectivity index (χ1v) is 20.8. The van der Waals surface area contributed by atoms with Crippen LogP contribution in [0.4, 0.5) is 4.79 Å². The van der Waals surface area contributed by atoms with Crippen LogP contribution < -0.4 is 18.9 Å². The number of hydrogen-bond donors (Lipinski definition) is 2. The van der Waals surface area contributed by atoms with Crippen LogP contribution in [-0.2, 0) is 39.7 Å². The molecule has 0 bridgehead atoms. The van der Waals surface area contributed by atoms with Gasteiger partial charge in [0.15, 0.2) is 5.82 Å². The van der Waals surface area contributed by atoms with Crippen molar-refractivity contribution in [3.8, 4) is 28.6 Å². The molecule has 0 unspecified atom stereocenters. The van der Waals surface area contributed by atoms with Crippen molar-refractivity contribution < 1.29 is 40.9 Å². The summed E-state index contributed by atoms with van der Waals surface area (Å²) < 4.78 is 81.2. The van der Waals surface area contributed by atoms with E-state index >= 15 is 8.42 Å². The van der Waals surface area contributed by atoms with Crippen molar-refractivity contribution in [3.05, 3.63) is 105 Å². The van der Waals surface area contributed by atoms with Crippen molar-refractivity contribution >= 4 is 48.7 Å². The molecule has 2 heterocycles. The zero-order valence-electron chi connectivity index (χ0n) is 30.0. The van der Waals surface area contributed by atoms with Gasteiger partial charge in [0, 0.05) is 35.8 Å². The standard InChI is InChI=1S/C36H38IN7O9S2/c1-51-28-10-4-24(5-11-28)20-43(21-25-6-12-29(52-2)13-7-25)55(49,50)34-32(54(47,48)39-27-18-19-42(23-27)36(45)46)17-16-31(37)33(34)35-38-40-41-44(35)22-26-8-14-30(53-3)15-9-26/h4-17,27,39H,18-23H2,1-3H3,(H,45,46)/t27-/m0/s1. The maximum atomic E-state index is 15.4. The fourth-order valence-electron chi connectivity index (χ4n) is 6.15. The quantitative estimate of drug-likeness (QED) is 0.141. The van der Waals surface area contributed by atoms with E-state index in [9.17, 15) is 18.3 Å². The van der Waals surface area contributed by atoms with Crippen LogP contribution in [0, 0.1) is 3.57 Å². The van der Waals surface area contributed by atoms with Gasteiger partial charge < -0.3 is 24.2 Å². The Bertz CT molecular complexity index is 2310. The number of halogens is 1. The molecule has 1 amide bonds. The Hall–Kier alpha value is -4.83. The van der Waals surface area contributed by atoms with Crippen molar-refractivity contribution in [1.82, 2.24) is 34.1 Å². The summed E-state index contributed by atoms with van der Waals surface area (Å²) in [4.78, 5) is 11.7. The molecular weight excluding hydrogens is 865 g/mol. The van der Waals surface area contributed by atoms with E-state index in [2.05, 4.69) is 20.2 Å². The molecule has 6 rings (SSSR count). The zero-order valence-corrected chi connectivity index (χ0v) is 33.8. The van der Waals surface area contributed by atoms with Gasteiger partial charge in [0.25, 0.3) is 0 Å². The first-order valence-electron chi connectivity index (χ1n) is 16.8. The van der Waals surface area contributed by atoms with Crippen LogP contribution in [0.5, 0.6) is 17.2 Å². The number of methoxy groups -OCH3 is 3. The maximum absolute atomic E-state index is 15.4. The van der Waals surface area contributed by atoms with Crippen molar-refractivity contribution in [3.63, 3.8) is 0 Å². The molecule has 1 aromatic heterocycles. The van der Waals surface area contributed by atoms with Crippen LogP contribution in [0.2, 0.25) is 0 Å². The van der Waals surface area contributed by atoms with Crippen molar-refractivity contribution in [2.75, 3.05) is 34.4 Å². The van der Waals surface area contributed by atoms with Crippen molar-refractivity contribution in [2.45, 2.75) is 41.9 Å². The molecule has 1 saturated heterocycles. The van der Waals surface area contributed by atoms with E-state index in [1.165, 1.54) is 35.3 Å². The summed E-state index contributed by atoms with van der Waals surface area (Å²) in [5, 5.41) is 21.8. The third-order valence-electron chi connectivity index (χ3n) is 9.02. The first-order chi connectivity index (χ1) is 26.3. The molecule has 1 aliphatic rings. The average Bonchev–Trinajstić information content (AvgIpc) is 3.84. The number of sulfonamides is 2. The van der Waals surface area contributed by atoms with Gasteiger partial charge in [-0.05, 0) is 105 Å². The number of nitrogens with zero attached hydrogens (tertiary/aromatic N) is 6. The van der Waals surface area contributed by atoms with Crippen LogP contribution in [0.1, 0.15) is 23.1 Å². The SMILES string of the molecule is COc1ccc(CN(Cc2ccc(OC)cc2)S(=O)(=O)c2c(S(=O)(=O)N[C@H]3CCN(C(=O)O)C3)ccc(I)c2-c2nnnn2Cc2ccc(OC)cc2)cc1. The lowest BCUT2D eigenvalue weighted by Crippen LogP contribution is -2.39. The molecule has 5 aromatic rings. The van der Waals surface area contributed by atoms with Gasteiger partial charge in [-0.3, -0.25) is 0 Å². The van der Waals surface area contributed by atoms with Gasteiger partial charge in [-0.15, -0.1) is 5.10 Å². The molecule has 0 spiro atoms. The predicted molar refractivity (Wildman–Crippen MR) is 209 cm³/mol. The van der Waals surface area contributed by atoms with Crippen molar-refractivity contribution in [1.29, 1.82) is 0 Å². The summed E-state index contributed by atoms with van der Waals surface area (Å²) in [5.41, 5.74) is 1.97. The third-order valence-corrected chi connectivity index (χ3v) is 13.5. The zero-order chi connectivity index (χ0) is 39.3. The molecule has 290 valence electrons. The predicted octanol–water partition coefficient (Wildman–Crippen LogP) is 4.44. The number of rotatable bonds is 15. The maximum Gasteiger partial charge on any atom is 0.407 e. The molecule has 2 N–H and O–H groups in total. The summed E-state index contributed by atoms with van der Waals surface area (Å²) >= 11 is 1.95. The highest BCUT2D eigenvalue weighted by Gasteiger charge is 2.39. The summed E-state index contributed by atoms with van der Waals surface area (Å²) in [6.45, 7) is -0.170. The van der Waals surface area contributed by atoms with Gasteiger partial charge in [0.05, 0.1) is 33.4 Å². The minimum absolute atomic E-state index is 0.0163. The number of nitrogens with one attached hydrogen (secondary N) is 1. The molecule has 0 radical (unpaired) electrons. The summed E-state index contributed by atoms with van der Waals surface area (Å²) in [7, 11) is -4.78. The Morgan fingerprint density at radius 1 is 0.836 bits per heavy atom. The second kappa shape index (κ2) is 16.9. The van der Waals surface area contributed by atoms with E-state index < -0.39 is 42.0 Å². The highest BCUT2D eigenvalue weighted by molar-refractivity contribution is 14.1. The number of carboxylic acid groups (broad SMARTS) is 1. The monoisotopic (exact) mass is 903 g/mol. The van der Waals surface area contributed by atoms with Crippen molar-refractivity contribution in [2.24, 2.45) is 0 Å². The van der Waals surface area contributed by atoms with Crippen LogP contribution in [0.15, 0.2) is 94.7 Å². The number of benzene rings is 4. The summed E-state index contributed by atoms with van der Waals surface area (Å²) in [6, 6.07) is 22.8. The molecule has 4 aromatic carbocycles. The Morgan fingerprint density at radius 2 is 1.36 bits per heavy atom. The summed E-state index contributed by atoms with van der Waals surface area (Å²) in [5.74, 6) is 1.80. The topological polar surface area (TPSA) is 195 Å². The first kappa shape index (κ1) is 39.9. The minimum atomic E-state index is -4.76. The van der Waals surface area contributed by atoms with E-state index in [1.807, 2.05) is 34.7 Å². The van der Waals surface area contributed by atoms with Gasteiger partial charge in [0.1, 0.15) is 27.0 Å². The van der Waals surface area contributed by atoms with E-state index in [-0.39, 0.29) is 50.5 Å². The van der Waals surface area contributed by atoms with E-state index in [0.29, 0.717) is 31.9 Å². The van der Waals surface area contributed by atoms with E-state index in [4.69, 9.17) is 14.2 Å². The lowest BCUT2D eigenvalue weighted by Gasteiger charge is -2.26. The number of likely N-dealkylation sites (tertiary alicyclic amines) is 1. The van der Waals surface area contributed by atoms with Crippen LogP contribution in [0.3, 0.4) is 0 Å². The van der Waals surface area contributed by atoms with Crippen LogP contribution >= 0.6 is 22.6 Å². The normalized spacial score (nSPS) is 14.6. The Balaban J connectivity index is 1.53. The number of amides is 1. The Morgan fingerprint density at radius 3 is 1.85 bits per heavy atom. The molecule has 0 saturated carbocycles. The molecule has 1 atom stereocenters. The van der Waals surface area contributed by atoms with Gasteiger partial charge >= 0.3 is 6.09 Å². The van der Waals surface area contributed by atoms with Gasteiger partial charge in [0.2, 0.25) is 20.0 Å². The molecule has 1 fully saturated rings. The lowest BCUT2D eigenvalue weighted by molar-refractivity contribution is 0.155. The van der Waals surface area contributed by atoms with E-state index in [0.717, 1.165) is 10.5 Å². The molecule has 1 aliphatic heterocycles. The van der Waals surface area contributed by atoms with Gasteiger partial charge in [-0.2, -0.15) is 4.31 Å². The Kier molecular flexibility index (Phi) is 12.2. The molecule has 19 heteroatoms. The number of aromatic nitrogens is 4. The number of carbonyl (C=O) groups is 1. The second-order valence-corrected chi connectivity index (χ2v) is 17.3. The van der Waals surface area contributed by atoms with E-state index in [1.54, 1.807) is 67.8 Å². The number of tetrazole rings is 1. The smallest absolute Gasteiger partial charge is 0.407 e. The molecule has 0 aliphatic carbocycles. The van der Waals surface area contributed by atoms with Gasteiger partial charge in [-0.25, -0.2) is 31.0 Å². The number of hydrogen-bond acceptors (Lipinski definition) is 11. The number of ether oxygens (including phenoxy) is 3. The Labute approximate surface area is 332 Å². The highest BCUT2D eigenvalue weighted by Crippen LogP contribution is 2.39. The lowest BCUT2D eigenvalue weighted by atomic mass is 10.2. The second-order valence-electron chi connectivity index (χ2n) is 12.6. The third kappa shape index (κ3) is 9.01. The average molecular weight is 904 g/mol. The largest absolute Gasteiger partial charge is 0.497 e. The fourth-order valence-corrected chi connectivity index (χ4v) is 10.7. The summed E-state index contributed by atoms with van der Waals surface area (Å²) in [6.07, 6.45) is -0.982. The minimum Gasteiger partial charge on any atom is -0.497 e. The highest BCUT2D eigenvalue weighted by atomic mass is 127. The van der Waals surface area contributed by atoms with Crippen LogP contribution in [0.25, 0.3) is 11.4 Å².